The molecule has 0 saturated carbocycles. The van der Waals surface area contributed by atoms with Crippen LogP contribution in [-0.4, -0.2) is 92.6 Å². The monoisotopic (exact) mass is 374 g/mol. The summed E-state index contributed by atoms with van der Waals surface area (Å²) in [4.78, 5) is 31.6. The quantitative estimate of drug-likeness (QED) is 0.544. The molecule has 0 aliphatic carbocycles. The van der Waals surface area contributed by atoms with Gasteiger partial charge in [-0.3, -0.25) is 14.4 Å². The van der Waals surface area contributed by atoms with Gasteiger partial charge in [-0.1, -0.05) is 6.92 Å². The Morgan fingerprint density at radius 2 is 1.50 bits per heavy atom. The molecule has 0 bridgehead atoms. The second-order valence-electron chi connectivity index (χ2n) is 2.80. The predicted octanol–water partition coefficient (Wildman–Crippen LogP) is 0.130. The number of aliphatic carboxylic acids is 3. The molecule has 3 N–H and O–H groups in total. The molecule has 0 aromatic heterocycles. The van der Waals surface area contributed by atoms with Gasteiger partial charge in [0.25, 0.3) is 0 Å². The van der Waals surface area contributed by atoms with Crippen LogP contribution < -0.4 is 0 Å². The first-order chi connectivity index (χ1) is 6.88. The SMILES string of the molecule is CCC(SC(CC(=O)O)C(=O)O)C(=O)O.[Ba+2]. The maximum absolute atomic E-state index is 10.6. The van der Waals surface area contributed by atoms with Crippen molar-refractivity contribution >= 4 is 78.6 Å². The molecule has 0 spiro atoms. The van der Waals surface area contributed by atoms with Gasteiger partial charge in [0, 0.05) is 0 Å². The van der Waals surface area contributed by atoms with Gasteiger partial charge in [0.15, 0.2) is 0 Å². The number of carboxylic acid groups (broad SMARTS) is 3. The fraction of sp³-hybridized carbons (Fsp3) is 0.625. The molecule has 0 saturated heterocycles. The van der Waals surface area contributed by atoms with E-state index in [1.807, 2.05) is 0 Å². The zero-order valence-corrected chi connectivity index (χ0v) is 14.0. The Kier molecular flexibility index (Phi) is 10.9. The first kappa shape index (κ1) is 18.7. The first-order valence-corrected chi connectivity index (χ1v) is 5.15. The van der Waals surface area contributed by atoms with E-state index >= 15 is 0 Å². The van der Waals surface area contributed by atoms with E-state index in [1.54, 1.807) is 6.92 Å². The molecule has 0 amide bonds. The fourth-order valence-corrected chi connectivity index (χ4v) is 1.94. The van der Waals surface area contributed by atoms with Crippen molar-refractivity contribution in [3.63, 3.8) is 0 Å². The minimum absolute atomic E-state index is 0. The zero-order chi connectivity index (χ0) is 12.0. The van der Waals surface area contributed by atoms with Gasteiger partial charge in [0.05, 0.1) is 6.42 Å². The minimum atomic E-state index is -1.30. The van der Waals surface area contributed by atoms with Crippen molar-refractivity contribution in [1.29, 1.82) is 0 Å². The molecule has 0 aliphatic rings. The van der Waals surface area contributed by atoms with Crippen LogP contribution in [0.15, 0.2) is 0 Å². The van der Waals surface area contributed by atoms with Gasteiger partial charge in [-0.05, 0) is 6.42 Å². The molecule has 16 heavy (non-hydrogen) atoms. The molecular weight excluding hydrogens is 361 g/mol. The fourth-order valence-electron chi connectivity index (χ4n) is 0.880. The molecule has 2 atom stereocenters. The number of carbonyl (C=O) groups is 3. The van der Waals surface area contributed by atoms with Gasteiger partial charge in [-0.2, -0.15) is 0 Å². The van der Waals surface area contributed by atoms with Crippen molar-refractivity contribution in [3.05, 3.63) is 0 Å². The van der Waals surface area contributed by atoms with E-state index < -0.39 is 34.8 Å². The van der Waals surface area contributed by atoms with Crippen molar-refractivity contribution in [1.82, 2.24) is 0 Å². The van der Waals surface area contributed by atoms with Gasteiger partial charge in [-0.25, -0.2) is 0 Å². The summed E-state index contributed by atoms with van der Waals surface area (Å²) >= 11 is 0.654. The normalized spacial score (nSPS) is 13.3. The molecule has 8 heteroatoms. The van der Waals surface area contributed by atoms with Crippen LogP contribution in [0.4, 0.5) is 0 Å². The van der Waals surface area contributed by atoms with E-state index in [-0.39, 0.29) is 55.3 Å². The Morgan fingerprint density at radius 1 is 1.06 bits per heavy atom. The molecule has 0 radical (unpaired) electrons. The molecule has 0 aliphatic heterocycles. The number of hydrogen-bond acceptors (Lipinski definition) is 4. The molecule has 0 fully saturated rings. The van der Waals surface area contributed by atoms with Crippen LogP contribution in [-0.2, 0) is 14.4 Å². The molecule has 0 aromatic rings. The second-order valence-corrected chi connectivity index (χ2v) is 4.21. The summed E-state index contributed by atoms with van der Waals surface area (Å²) in [5, 5.41) is 23.7. The third-order valence-corrected chi connectivity index (χ3v) is 3.17. The van der Waals surface area contributed by atoms with Gasteiger partial charge >= 0.3 is 66.8 Å². The largest absolute Gasteiger partial charge is 2.00 e. The summed E-state index contributed by atoms with van der Waals surface area (Å²) < 4.78 is 0. The van der Waals surface area contributed by atoms with Crippen molar-refractivity contribution < 1.29 is 29.7 Å². The van der Waals surface area contributed by atoms with E-state index in [1.165, 1.54) is 0 Å². The maximum atomic E-state index is 10.6. The summed E-state index contributed by atoms with van der Waals surface area (Å²) in [6, 6.07) is 0. The Hall–Kier alpha value is 0.331. The summed E-state index contributed by atoms with van der Waals surface area (Å²) in [6.07, 6.45) is -0.326. The standard InChI is InChI=1S/C8H12O6S.Ba/c1-2-4(7(11)12)15-5(8(13)14)3-6(9)10;/h4-5H,2-3H2,1H3,(H,9,10)(H,11,12)(H,13,14);/q;+2. The maximum Gasteiger partial charge on any atom is 2.00 e. The van der Waals surface area contributed by atoms with Gasteiger partial charge in [0.1, 0.15) is 10.5 Å². The zero-order valence-electron chi connectivity index (χ0n) is 8.75. The summed E-state index contributed by atoms with van der Waals surface area (Å²) in [5.41, 5.74) is 0. The molecule has 0 aromatic carbocycles. The average Bonchev–Trinajstić information content (AvgIpc) is 2.10. The van der Waals surface area contributed by atoms with Crippen LogP contribution in [0.5, 0.6) is 0 Å². The Balaban J connectivity index is 0. The smallest absolute Gasteiger partial charge is 0.481 e. The Labute approximate surface area is 137 Å². The van der Waals surface area contributed by atoms with Gasteiger partial charge in [-0.15, -0.1) is 11.8 Å². The Morgan fingerprint density at radius 3 is 1.75 bits per heavy atom. The van der Waals surface area contributed by atoms with Crippen molar-refractivity contribution in [3.8, 4) is 0 Å². The first-order valence-electron chi connectivity index (χ1n) is 4.21. The Bertz CT molecular complexity index is 269. The molecule has 0 heterocycles. The third-order valence-electron chi connectivity index (χ3n) is 1.61. The van der Waals surface area contributed by atoms with Crippen LogP contribution >= 0.6 is 11.8 Å². The molecule has 6 nitrogen and oxygen atoms in total. The van der Waals surface area contributed by atoms with Crippen LogP contribution in [0.1, 0.15) is 19.8 Å². The van der Waals surface area contributed by atoms with Crippen LogP contribution in [0.25, 0.3) is 0 Å². The van der Waals surface area contributed by atoms with Crippen molar-refractivity contribution in [2.75, 3.05) is 0 Å². The number of hydrogen-bond donors (Lipinski definition) is 3. The third kappa shape index (κ3) is 7.58. The molecule has 86 valence electrons. The van der Waals surface area contributed by atoms with E-state index in [2.05, 4.69) is 0 Å². The molecule has 0 rings (SSSR count). The van der Waals surface area contributed by atoms with E-state index in [0.717, 1.165) is 0 Å². The van der Waals surface area contributed by atoms with Crippen molar-refractivity contribution in [2.24, 2.45) is 0 Å². The minimum Gasteiger partial charge on any atom is -0.481 e. The van der Waals surface area contributed by atoms with E-state index in [4.69, 9.17) is 15.3 Å². The molecule has 2 unspecified atom stereocenters. The second kappa shape index (κ2) is 9.37. The average molecular weight is 374 g/mol. The summed E-state index contributed by atoms with van der Waals surface area (Å²) in [6.45, 7) is 1.60. The van der Waals surface area contributed by atoms with Gasteiger partial charge in [0.2, 0.25) is 0 Å². The topological polar surface area (TPSA) is 112 Å². The van der Waals surface area contributed by atoms with Gasteiger partial charge < -0.3 is 15.3 Å². The van der Waals surface area contributed by atoms with E-state index in [9.17, 15) is 14.4 Å². The van der Waals surface area contributed by atoms with Crippen LogP contribution in [0.2, 0.25) is 0 Å². The number of carboxylic acids is 3. The van der Waals surface area contributed by atoms with E-state index in [0.29, 0.717) is 11.8 Å². The summed E-state index contributed by atoms with van der Waals surface area (Å²) in [5.74, 6) is -3.68. The summed E-state index contributed by atoms with van der Waals surface area (Å²) in [7, 11) is 0. The van der Waals surface area contributed by atoms with Crippen LogP contribution in [0.3, 0.4) is 0 Å². The molecular formula is C8H12BaO6S+2. The number of rotatable bonds is 7. The predicted molar refractivity (Wildman–Crippen MR) is 58.7 cm³/mol. The van der Waals surface area contributed by atoms with Crippen LogP contribution in [0, 0.1) is 0 Å². The number of thioether (sulfide) groups is 1. The van der Waals surface area contributed by atoms with Crippen molar-refractivity contribution in [2.45, 2.75) is 30.3 Å².